The van der Waals surface area contributed by atoms with Crippen molar-refractivity contribution in [2.45, 2.75) is 32.0 Å². The third-order valence-corrected chi connectivity index (χ3v) is 5.84. The van der Waals surface area contributed by atoms with Gasteiger partial charge >= 0.3 is 0 Å². The number of carbonyl (C=O) groups is 1. The first-order valence-electron chi connectivity index (χ1n) is 10.2. The van der Waals surface area contributed by atoms with Crippen LogP contribution in [0.25, 0.3) is 0 Å². The van der Waals surface area contributed by atoms with Crippen LogP contribution in [0.1, 0.15) is 35.3 Å². The molecule has 0 saturated carbocycles. The van der Waals surface area contributed by atoms with E-state index >= 15 is 0 Å². The number of hydrogen-bond acceptors (Lipinski definition) is 8. The summed E-state index contributed by atoms with van der Waals surface area (Å²) in [6.45, 7) is 3.83. The number of carbonyl (C=O) groups excluding carboxylic acids is 1. The van der Waals surface area contributed by atoms with Crippen molar-refractivity contribution in [3.8, 4) is 34.5 Å². The van der Waals surface area contributed by atoms with Crippen LogP contribution in [-0.2, 0) is 12.0 Å². The second-order valence-electron chi connectivity index (χ2n) is 7.98. The Bertz CT molecular complexity index is 1120. The molecule has 0 bridgehead atoms. The molecule has 2 aromatic rings. The van der Waals surface area contributed by atoms with Crippen LogP contribution in [0, 0.1) is 0 Å². The zero-order valence-electron chi connectivity index (χ0n) is 18.6. The number of fused-ring (bicyclic) bond motifs is 4. The molecule has 0 aliphatic carbocycles. The number of allylic oxidation sites excluding steroid dienone is 2. The lowest BCUT2D eigenvalue weighted by molar-refractivity contribution is -0.0806. The van der Waals surface area contributed by atoms with Gasteiger partial charge in [-0.05, 0) is 26.3 Å². The van der Waals surface area contributed by atoms with Crippen LogP contribution in [0.4, 0.5) is 0 Å². The second-order valence-corrected chi connectivity index (χ2v) is 7.98. The van der Waals surface area contributed by atoms with E-state index in [4.69, 9.17) is 23.7 Å². The summed E-state index contributed by atoms with van der Waals surface area (Å²) in [6, 6.07) is 4.42. The maximum absolute atomic E-state index is 13.7. The van der Waals surface area contributed by atoms with Crippen molar-refractivity contribution in [1.29, 1.82) is 0 Å². The van der Waals surface area contributed by atoms with Crippen LogP contribution in [0.2, 0.25) is 0 Å². The van der Waals surface area contributed by atoms with E-state index in [1.165, 1.54) is 33.5 Å². The van der Waals surface area contributed by atoms with Crippen LogP contribution in [0.5, 0.6) is 34.5 Å². The van der Waals surface area contributed by atoms with Gasteiger partial charge in [0.25, 0.3) is 0 Å². The fraction of sp³-hybridized carbons (Fsp3) is 0.375. The summed E-state index contributed by atoms with van der Waals surface area (Å²) in [6.07, 6.45) is 1.35. The third-order valence-electron chi connectivity index (χ3n) is 5.84. The minimum atomic E-state index is -2.08. The maximum atomic E-state index is 13.7. The van der Waals surface area contributed by atoms with Gasteiger partial charge in [-0.15, -0.1) is 0 Å². The number of aromatic hydroxyl groups is 1. The highest BCUT2D eigenvalue weighted by Gasteiger charge is 2.57. The molecule has 2 N–H and O–H groups in total. The molecule has 2 unspecified atom stereocenters. The average molecular weight is 442 g/mol. The molecule has 0 radical (unpaired) electrons. The van der Waals surface area contributed by atoms with Crippen molar-refractivity contribution in [2.24, 2.45) is 0 Å². The number of methoxy groups -OCH3 is 3. The molecule has 8 nitrogen and oxygen atoms in total. The molecule has 32 heavy (non-hydrogen) atoms. The Balaban J connectivity index is 1.92. The monoisotopic (exact) mass is 442 g/mol. The van der Waals surface area contributed by atoms with E-state index in [-0.39, 0.29) is 35.0 Å². The molecule has 0 saturated heterocycles. The molecule has 2 heterocycles. The SMILES string of the molecule is COc1cc2c(cc1OC)C1(O)C(=O)c3c(O)cc(OC)c(CC=C(C)C)c3OC1CO2. The molecule has 2 aromatic carbocycles. The Hall–Kier alpha value is -3.39. The first-order valence-corrected chi connectivity index (χ1v) is 10.2. The fourth-order valence-corrected chi connectivity index (χ4v) is 4.15. The molecule has 2 aliphatic rings. The molecule has 0 fully saturated rings. The first-order chi connectivity index (χ1) is 15.3. The number of benzene rings is 2. The largest absolute Gasteiger partial charge is 0.507 e. The molecule has 0 spiro atoms. The van der Waals surface area contributed by atoms with E-state index < -0.39 is 17.5 Å². The lowest BCUT2D eigenvalue weighted by Gasteiger charge is -2.43. The van der Waals surface area contributed by atoms with E-state index in [9.17, 15) is 15.0 Å². The number of phenols is 1. The van der Waals surface area contributed by atoms with Crippen LogP contribution in [0.3, 0.4) is 0 Å². The smallest absolute Gasteiger partial charge is 0.210 e. The van der Waals surface area contributed by atoms with E-state index in [0.29, 0.717) is 29.2 Å². The Morgan fingerprint density at radius 3 is 2.41 bits per heavy atom. The second kappa shape index (κ2) is 7.94. The summed E-state index contributed by atoms with van der Waals surface area (Å²) in [5.74, 6) is 0.564. The highest BCUT2D eigenvalue weighted by atomic mass is 16.6. The zero-order valence-corrected chi connectivity index (χ0v) is 18.6. The van der Waals surface area contributed by atoms with Gasteiger partial charge in [-0.1, -0.05) is 11.6 Å². The number of aliphatic hydroxyl groups is 1. The van der Waals surface area contributed by atoms with E-state index in [0.717, 1.165) is 5.57 Å². The molecule has 0 amide bonds. The molecule has 4 rings (SSSR count). The van der Waals surface area contributed by atoms with Crippen LogP contribution in [0.15, 0.2) is 29.8 Å². The number of phenolic OH excluding ortho intramolecular Hbond substituents is 1. The molecule has 8 heteroatoms. The molecular weight excluding hydrogens is 416 g/mol. The van der Waals surface area contributed by atoms with Crippen LogP contribution in [-0.4, -0.2) is 50.0 Å². The summed E-state index contributed by atoms with van der Waals surface area (Å²) in [7, 11) is 4.42. The summed E-state index contributed by atoms with van der Waals surface area (Å²) in [5.41, 5.74) is -0.314. The maximum Gasteiger partial charge on any atom is 0.210 e. The molecule has 2 aliphatic heterocycles. The molecule has 170 valence electrons. The minimum absolute atomic E-state index is 0.0791. The van der Waals surface area contributed by atoms with Crippen molar-refractivity contribution in [2.75, 3.05) is 27.9 Å². The van der Waals surface area contributed by atoms with E-state index in [2.05, 4.69) is 0 Å². The van der Waals surface area contributed by atoms with Crippen molar-refractivity contribution >= 4 is 5.78 Å². The van der Waals surface area contributed by atoms with Crippen molar-refractivity contribution in [3.63, 3.8) is 0 Å². The lowest BCUT2D eigenvalue weighted by Crippen LogP contribution is -2.57. The van der Waals surface area contributed by atoms with Gasteiger partial charge in [0.15, 0.2) is 23.2 Å². The van der Waals surface area contributed by atoms with Crippen LogP contribution >= 0.6 is 0 Å². The highest BCUT2D eigenvalue weighted by Crippen LogP contribution is 2.52. The predicted octanol–water partition coefficient (Wildman–Crippen LogP) is 3.15. The Kier molecular flexibility index (Phi) is 5.42. The molecule has 0 aromatic heterocycles. The van der Waals surface area contributed by atoms with Crippen molar-refractivity contribution < 1.29 is 38.7 Å². The Morgan fingerprint density at radius 1 is 1.12 bits per heavy atom. The first kappa shape index (κ1) is 21.8. The molecular formula is C24H26O8. The standard InChI is InChI=1S/C24H26O8/c1-12(2)6-7-13-16(28-3)9-15(25)21-22(13)32-20-11-31-17-10-19(30-5)18(29-4)8-14(17)24(20,27)23(21)26/h6,8-10,20,25,27H,7,11H2,1-5H3. The summed E-state index contributed by atoms with van der Waals surface area (Å²) >= 11 is 0. The minimum Gasteiger partial charge on any atom is -0.507 e. The van der Waals surface area contributed by atoms with Gasteiger partial charge in [-0.25, -0.2) is 0 Å². The van der Waals surface area contributed by atoms with Gasteiger partial charge in [-0.3, -0.25) is 4.79 Å². The van der Waals surface area contributed by atoms with Crippen molar-refractivity contribution in [3.05, 3.63) is 46.5 Å². The van der Waals surface area contributed by atoms with Gasteiger partial charge in [0.2, 0.25) is 5.78 Å². The highest BCUT2D eigenvalue weighted by molar-refractivity contribution is 6.09. The van der Waals surface area contributed by atoms with Gasteiger partial charge in [-0.2, -0.15) is 0 Å². The summed E-state index contributed by atoms with van der Waals surface area (Å²) in [4.78, 5) is 13.7. The van der Waals surface area contributed by atoms with E-state index in [1.54, 1.807) is 6.07 Å². The topological polar surface area (TPSA) is 104 Å². The number of Topliss-reactive ketones (excluding diaryl/α,β-unsaturated/α-hetero) is 1. The summed E-state index contributed by atoms with van der Waals surface area (Å²) in [5, 5.41) is 22.4. The van der Waals surface area contributed by atoms with Gasteiger partial charge in [0.05, 0.1) is 21.3 Å². The number of rotatable bonds is 5. The number of ether oxygens (including phenoxy) is 5. The predicted molar refractivity (Wildman–Crippen MR) is 115 cm³/mol. The Labute approximate surface area is 185 Å². The van der Waals surface area contributed by atoms with Gasteiger partial charge in [0.1, 0.15) is 35.2 Å². The number of hydrogen-bond donors (Lipinski definition) is 2. The Morgan fingerprint density at radius 2 is 1.78 bits per heavy atom. The quantitative estimate of drug-likeness (QED) is 0.681. The van der Waals surface area contributed by atoms with Gasteiger partial charge in [0, 0.05) is 23.3 Å². The zero-order chi connectivity index (χ0) is 23.2. The molecule has 2 atom stereocenters. The lowest BCUT2D eigenvalue weighted by atomic mass is 9.76. The third kappa shape index (κ3) is 3.14. The van der Waals surface area contributed by atoms with Gasteiger partial charge < -0.3 is 33.9 Å². The van der Waals surface area contributed by atoms with Crippen molar-refractivity contribution in [1.82, 2.24) is 0 Å². The number of ketones is 1. The van der Waals surface area contributed by atoms with Crippen LogP contribution < -0.4 is 23.7 Å². The normalized spacial score (nSPS) is 20.7. The average Bonchev–Trinajstić information content (AvgIpc) is 2.78. The fourth-order valence-electron chi connectivity index (χ4n) is 4.15. The van der Waals surface area contributed by atoms with E-state index in [1.807, 2.05) is 19.9 Å². The summed E-state index contributed by atoms with van der Waals surface area (Å²) < 4.78 is 28.0.